The zero-order valence-electron chi connectivity index (χ0n) is 10.9. The largest absolute Gasteiger partial charge is 0.480 e. The maximum absolute atomic E-state index is 10.7. The molecule has 0 aliphatic heterocycles. The van der Waals surface area contributed by atoms with Crippen molar-refractivity contribution >= 4 is 11.8 Å². The van der Waals surface area contributed by atoms with Gasteiger partial charge in [0.1, 0.15) is 18.4 Å². The molecule has 0 radical (unpaired) electrons. The molecule has 2 aromatic rings. The second kappa shape index (κ2) is 5.85. The van der Waals surface area contributed by atoms with Crippen LogP contribution in [0.2, 0.25) is 0 Å². The van der Waals surface area contributed by atoms with E-state index in [0.717, 1.165) is 11.1 Å². The minimum Gasteiger partial charge on any atom is -0.480 e. The topological polar surface area (TPSA) is 77.2 Å². The number of hydrogen-bond acceptors (Lipinski definition) is 4. The lowest BCUT2D eigenvalue weighted by Gasteiger charge is -2.17. The Kier molecular flexibility index (Phi) is 3.96. The molecule has 1 aromatic heterocycles. The smallest absolute Gasteiger partial charge is 0.323 e. The summed E-state index contributed by atoms with van der Waals surface area (Å²) in [6.45, 7) is -0.202. The first-order valence-corrected chi connectivity index (χ1v) is 6.00. The highest BCUT2D eigenvalue weighted by molar-refractivity contribution is 5.75. The van der Waals surface area contributed by atoms with E-state index in [9.17, 15) is 10.1 Å². The van der Waals surface area contributed by atoms with Gasteiger partial charge in [0.2, 0.25) is 0 Å². The molecule has 0 saturated heterocycles. The van der Waals surface area contributed by atoms with Crippen LogP contribution in [0.3, 0.4) is 0 Å². The van der Waals surface area contributed by atoms with Crippen molar-refractivity contribution in [1.29, 1.82) is 5.26 Å². The van der Waals surface area contributed by atoms with Gasteiger partial charge in [0, 0.05) is 18.8 Å². The molecule has 0 saturated carbocycles. The van der Waals surface area contributed by atoms with Crippen LogP contribution in [0.15, 0.2) is 42.6 Å². The van der Waals surface area contributed by atoms with Gasteiger partial charge in [-0.2, -0.15) is 5.26 Å². The molecule has 1 heterocycles. The molecule has 0 fully saturated rings. The fourth-order valence-corrected chi connectivity index (χ4v) is 1.91. The van der Waals surface area contributed by atoms with Gasteiger partial charge < -0.3 is 10.0 Å². The quantitative estimate of drug-likeness (QED) is 0.918. The van der Waals surface area contributed by atoms with Crippen LogP contribution in [0.5, 0.6) is 0 Å². The Balaban J connectivity index is 2.39. The summed E-state index contributed by atoms with van der Waals surface area (Å²) in [6, 6.07) is 13.4. The van der Waals surface area contributed by atoms with Crippen molar-refractivity contribution in [2.45, 2.75) is 0 Å². The number of hydrogen-bond donors (Lipinski definition) is 1. The van der Waals surface area contributed by atoms with Crippen molar-refractivity contribution in [3.8, 4) is 17.2 Å². The van der Waals surface area contributed by atoms with Crippen molar-refractivity contribution in [2.75, 3.05) is 18.5 Å². The molecule has 5 nitrogen and oxygen atoms in total. The Morgan fingerprint density at radius 1 is 1.35 bits per heavy atom. The van der Waals surface area contributed by atoms with Crippen LogP contribution in [0.25, 0.3) is 11.1 Å². The average Bonchev–Trinajstić information content (AvgIpc) is 2.46. The van der Waals surface area contributed by atoms with Gasteiger partial charge in [0.25, 0.3) is 0 Å². The first-order valence-electron chi connectivity index (χ1n) is 6.00. The van der Waals surface area contributed by atoms with Gasteiger partial charge in [-0.1, -0.05) is 30.3 Å². The zero-order chi connectivity index (χ0) is 14.5. The number of anilines is 1. The molecule has 1 aromatic carbocycles. The third kappa shape index (κ3) is 2.93. The summed E-state index contributed by atoms with van der Waals surface area (Å²) in [5.74, 6) is -0.597. The molecular weight excluding hydrogens is 254 g/mol. The number of carbonyl (C=O) groups is 1. The van der Waals surface area contributed by atoms with Crippen LogP contribution in [-0.4, -0.2) is 29.7 Å². The number of aliphatic carboxylic acids is 1. The van der Waals surface area contributed by atoms with Crippen molar-refractivity contribution < 1.29 is 9.90 Å². The molecule has 100 valence electrons. The zero-order valence-corrected chi connectivity index (χ0v) is 10.9. The Morgan fingerprint density at radius 2 is 2.05 bits per heavy atom. The van der Waals surface area contributed by atoms with Gasteiger partial charge in [-0.25, -0.2) is 4.98 Å². The van der Waals surface area contributed by atoms with E-state index < -0.39 is 5.97 Å². The molecular formula is C15H13N3O2. The van der Waals surface area contributed by atoms with Gasteiger partial charge in [-0.3, -0.25) is 4.79 Å². The molecule has 0 bridgehead atoms. The van der Waals surface area contributed by atoms with E-state index in [1.165, 1.54) is 4.90 Å². The van der Waals surface area contributed by atoms with Crippen LogP contribution in [0.4, 0.5) is 5.82 Å². The van der Waals surface area contributed by atoms with Crippen molar-refractivity contribution in [2.24, 2.45) is 0 Å². The third-order valence-corrected chi connectivity index (χ3v) is 2.83. The number of nitriles is 1. The minimum absolute atomic E-state index is 0.202. The van der Waals surface area contributed by atoms with Crippen molar-refractivity contribution in [3.05, 3.63) is 48.2 Å². The van der Waals surface area contributed by atoms with Gasteiger partial charge in [-0.05, 0) is 11.6 Å². The summed E-state index contributed by atoms with van der Waals surface area (Å²) in [5.41, 5.74) is 2.15. The van der Waals surface area contributed by atoms with Crippen molar-refractivity contribution in [3.63, 3.8) is 0 Å². The normalized spacial score (nSPS) is 9.80. The molecule has 0 atom stereocenters. The number of rotatable bonds is 4. The van der Waals surface area contributed by atoms with E-state index in [1.807, 2.05) is 30.3 Å². The summed E-state index contributed by atoms with van der Waals surface area (Å²) in [5, 5.41) is 18.0. The molecule has 0 amide bonds. The van der Waals surface area contributed by atoms with Crippen LogP contribution >= 0.6 is 0 Å². The molecule has 5 heteroatoms. The number of carboxylic acid groups (broad SMARTS) is 1. The molecule has 2 rings (SSSR count). The van der Waals surface area contributed by atoms with Gasteiger partial charge in [0.15, 0.2) is 0 Å². The summed E-state index contributed by atoms with van der Waals surface area (Å²) in [7, 11) is 1.60. The Morgan fingerprint density at radius 3 is 2.65 bits per heavy atom. The van der Waals surface area contributed by atoms with E-state index in [2.05, 4.69) is 11.1 Å². The molecule has 0 unspecified atom stereocenters. The second-order valence-corrected chi connectivity index (χ2v) is 4.32. The molecule has 0 spiro atoms. The summed E-state index contributed by atoms with van der Waals surface area (Å²) in [4.78, 5) is 16.4. The number of pyridine rings is 1. The predicted molar refractivity (Wildman–Crippen MR) is 75.3 cm³/mol. The summed E-state index contributed by atoms with van der Waals surface area (Å²) >= 11 is 0. The SMILES string of the molecule is CN(CC(=O)O)c1ncc(-c2ccccc2)cc1C#N. The first-order chi connectivity index (χ1) is 9.61. The number of benzene rings is 1. The lowest BCUT2D eigenvalue weighted by Crippen LogP contribution is -2.26. The highest BCUT2D eigenvalue weighted by Crippen LogP contribution is 2.24. The minimum atomic E-state index is -0.967. The highest BCUT2D eigenvalue weighted by Gasteiger charge is 2.13. The average molecular weight is 267 g/mol. The number of carboxylic acids is 1. The molecule has 20 heavy (non-hydrogen) atoms. The Hall–Kier alpha value is -2.87. The van der Waals surface area contributed by atoms with E-state index in [0.29, 0.717) is 11.4 Å². The van der Waals surface area contributed by atoms with Gasteiger partial charge >= 0.3 is 5.97 Å². The molecule has 0 aliphatic rings. The standard InChI is InChI=1S/C15H13N3O2/c1-18(10-14(19)20)15-12(8-16)7-13(9-17-15)11-5-3-2-4-6-11/h2-7,9H,10H2,1H3,(H,19,20). The van der Waals surface area contributed by atoms with E-state index in [4.69, 9.17) is 5.11 Å². The van der Waals surface area contributed by atoms with Gasteiger partial charge in [0.05, 0.1) is 5.56 Å². The van der Waals surface area contributed by atoms with Crippen LogP contribution in [0, 0.1) is 11.3 Å². The third-order valence-electron chi connectivity index (χ3n) is 2.83. The molecule has 0 aliphatic carbocycles. The van der Waals surface area contributed by atoms with E-state index >= 15 is 0 Å². The van der Waals surface area contributed by atoms with Crippen LogP contribution in [-0.2, 0) is 4.79 Å². The Labute approximate surface area is 116 Å². The van der Waals surface area contributed by atoms with Crippen molar-refractivity contribution in [1.82, 2.24) is 4.98 Å². The highest BCUT2D eigenvalue weighted by atomic mass is 16.4. The maximum Gasteiger partial charge on any atom is 0.323 e. The first kappa shape index (κ1) is 13.6. The Bertz CT molecular complexity index is 663. The number of nitrogens with zero attached hydrogens (tertiary/aromatic N) is 3. The fraction of sp³-hybridized carbons (Fsp3) is 0.133. The monoisotopic (exact) mass is 267 g/mol. The second-order valence-electron chi connectivity index (χ2n) is 4.32. The maximum atomic E-state index is 10.7. The lowest BCUT2D eigenvalue weighted by atomic mass is 10.1. The van der Waals surface area contributed by atoms with E-state index in [-0.39, 0.29) is 6.54 Å². The van der Waals surface area contributed by atoms with Crippen LogP contribution < -0.4 is 4.90 Å². The lowest BCUT2D eigenvalue weighted by molar-refractivity contribution is -0.135. The molecule has 1 N–H and O–H groups in total. The number of aromatic nitrogens is 1. The number of likely N-dealkylation sites (N-methyl/N-ethyl adjacent to an activating group) is 1. The van der Waals surface area contributed by atoms with E-state index in [1.54, 1.807) is 19.3 Å². The summed E-state index contributed by atoms with van der Waals surface area (Å²) in [6.07, 6.45) is 1.64. The van der Waals surface area contributed by atoms with Gasteiger partial charge in [-0.15, -0.1) is 0 Å². The fourth-order valence-electron chi connectivity index (χ4n) is 1.91. The van der Waals surface area contributed by atoms with Crippen LogP contribution in [0.1, 0.15) is 5.56 Å². The predicted octanol–water partition coefficient (Wildman–Crippen LogP) is 2.14. The summed E-state index contributed by atoms with van der Waals surface area (Å²) < 4.78 is 0.